The molecule has 0 spiro atoms. The van der Waals surface area contributed by atoms with Crippen LogP contribution in [0.4, 0.5) is 10.5 Å². The fourth-order valence-corrected chi connectivity index (χ4v) is 1.12. The van der Waals surface area contributed by atoms with Crippen LogP contribution >= 0.6 is 11.6 Å². The Morgan fingerprint density at radius 3 is 2.75 bits per heavy atom. The van der Waals surface area contributed by atoms with E-state index in [1.807, 2.05) is 5.32 Å². The van der Waals surface area contributed by atoms with E-state index in [0.717, 1.165) is 0 Å². The van der Waals surface area contributed by atoms with Gasteiger partial charge in [0, 0.05) is 11.8 Å². The number of ether oxygens (including phenoxy) is 1. The molecule has 6 nitrogen and oxygen atoms in total. The van der Waals surface area contributed by atoms with Gasteiger partial charge in [-0.3, -0.25) is 10.1 Å². The molecule has 0 aliphatic heterocycles. The molecule has 0 aromatic heterocycles. The summed E-state index contributed by atoms with van der Waals surface area (Å²) >= 11 is 5.78. The van der Waals surface area contributed by atoms with Crippen LogP contribution in [-0.4, -0.2) is 18.5 Å². The number of nitrogens with two attached hydrogens (primary N) is 2. The van der Waals surface area contributed by atoms with Crippen molar-refractivity contribution in [1.82, 2.24) is 5.32 Å². The van der Waals surface area contributed by atoms with Gasteiger partial charge in [0.15, 0.2) is 6.61 Å². The Balaban J connectivity index is 2.57. The number of benzene rings is 1. The molecule has 1 aromatic carbocycles. The van der Waals surface area contributed by atoms with E-state index in [2.05, 4.69) is 0 Å². The van der Waals surface area contributed by atoms with Gasteiger partial charge in [-0.05, 0) is 12.1 Å². The minimum absolute atomic E-state index is 0.265. The smallest absolute Gasteiger partial charge is 0.318 e. The van der Waals surface area contributed by atoms with Crippen LogP contribution in [0.25, 0.3) is 0 Å². The van der Waals surface area contributed by atoms with E-state index in [-0.39, 0.29) is 12.4 Å². The topological polar surface area (TPSA) is 107 Å². The van der Waals surface area contributed by atoms with Gasteiger partial charge in [-0.15, -0.1) is 0 Å². The number of urea groups is 1. The zero-order chi connectivity index (χ0) is 12.1. The van der Waals surface area contributed by atoms with E-state index in [1.54, 1.807) is 6.07 Å². The first kappa shape index (κ1) is 12.1. The number of hydrogen-bond donors (Lipinski definition) is 3. The second kappa shape index (κ2) is 5.22. The van der Waals surface area contributed by atoms with Crippen LogP contribution < -0.4 is 21.5 Å². The third-order valence-electron chi connectivity index (χ3n) is 1.58. The van der Waals surface area contributed by atoms with Crippen LogP contribution in [0, 0.1) is 0 Å². The van der Waals surface area contributed by atoms with Gasteiger partial charge in [0.25, 0.3) is 5.91 Å². The van der Waals surface area contributed by atoms with Crippen LogP contribution in [0.15, 0.2) is 18.2 Å². The number of imide groups is 1. The summed E-state index contributed by atoms with van der Waals surface area (Å²) in [6, 6.07) is 3.67. The lowest BCUT2D eigenvalue weighted by Gasteiger charge is -2.07. The first-order valence-corrected chi connectivity index (χ1v) is 4.64. The molecule has 0 radical (unpaired) electrons. The molecule has 0 unspecified atom stereocenters. The van der Waals surface area contributed by atoms with Crippen LogP contribution in [0.2, 0.25) is 5.02 Å². The number of halogens is 1. The minimum atomic E-state index is -0.938. The van der Waals surface area contributed by atoms with Gasteiger partial charge in [0.2, 0.25) is 0 Å². The highest BCUT2D eigenvalue weighted by atomic mass is 35.5. The molecule has 86 valence electrons. The summed E-state index contributed by atoms with van der Waals surface area (Å²) in [5.41, 5.74) is 10.7. The zero-order valence-electron chi connectivity index (χ0n) is 8.20. The molecule has 0 saturated carbocycles. The van der Waals surface area contributed by atoms with Crippen molar-refractivity contribution in [2.24, 2.45) is 5.73 Å². The van der Waals surface area contributed by atoms with Gasteiger partial charge >= 0.3 is 6.03 Å². The molecule has 5 N–H and O–H groups in total. The van der Waals surface area contributed by atoms with Gasteiger partial charge in [0.1, 0.15) is 5.75 Å². The molecule has 0 bridgehead atoms. The summed E-state index contributed by atoms with van der Waals surface area (Å²) in [6.07, 6.45) is 0. The average Bonchev–Trinajstić information content (AvgIpc) is 2.18. The number of amides is 3. The Kier molecular flexibility index (Phi) is 3.96. The van der Waals surface area contributed by atoms with Crippen LogP contribution in [0.1, 0.15) is 0 Å². The molecular weight excluding hydrogens is 234 g/mol. The number of nitrogens with one attached hydrogen (secondary N) is 1. The Bertz CT molecular complexity index is 422. The van der Waals surface area contributed by atoms with Crippen molar-refractivity contribution < 1.29 is 14.3 Å². The van der Waals surface area contributed by atoms with E-state index in [1.165, 1.54) is 12.1 Å². The number of carbonyl (C=O) groups is 2. The molecule has 3 amide bonds. The quantitative estimate of drug-likeness (QED) is 0.672. The fourth-order valence-electron chi connectivity index (χ4n) is 0.947. The normalized spacial score (nSPS) is 9.56. The largest absolute Gasteiger partial charge is 0.482 e. The first-order valence-electron chi connectivity index (χ1n) is 4.26. The van der Waals surface area contributed by atoms with Crippen molar-refractivity contribution in [1.29, 1.82) is 0 Å². The molecule has 0 aliphatic rings. The predicted molar refractivity (Wildman–Crippen MR) is 59.1 cm³/mol. The summed E-state index contributed by atoms with van der Waals surface area (Å²) in [7, 11) is 0. The molecule has 0 saturated heterocycles. The van der Waals surface area contributed by atoms with Gasteiger partial charge in [-0.2, -0.15) is 0 Å². The number of rotatable bonds is 3. The molecule has 1 aromatic rings. The lowest BCUT2D eigenvalue weighted by molar-refractivity contribution is -0.121. The van der Waals surface area contributed by atoms with Crippen molar-refractivity contribution in [3.05, 3.63) is 23.2 Å². The maximum absolute atomic E-state index is 11.0. The summed E-state index contributed by atoms with van der Waals surface area (Å²) in [4.78, 5) is 21.3. The highest BCUT2D eigenvalue weighted by Crippen LogP contribution is 2.26. The molecule has 7 heteroatoms. The summed E-state index contributed by atoms with van der Waals surface area (Å²) in [5.74, 6) is -0.396. The number of hydrogen-bond acceptors (Lipinski definition) is 4. The third-order valence-corrected chi connectivity index (χ3v) is 1.89. The van der Waals surface area contributed by atoms with Gasteiger partial charge in [-0.25, -0.2) is 4.79 Å². The first-order chi connectivity index (χ1) is 7.49. The second-order valence-corrected chi connectivity index (χ2v) is 3.30. The Morgan fingerprint density at radius 2 is 2.12 bits per heavy atom. The van der Waals surface area contributed by atoms with E-state index in [0.29, 0.717) is 10.7 Å². The van der Waals surface area contributed by atoms with E-state index in [9.17, 15) is 9.59 Å². The number of primary amides is 1. The lowest BCUT2D eigenvalue weighted by Crippen LogP contribution is -2.38. The molecule has 0 fully saturated rings. The number of carbonyl (C=O) groups excluding carboxylic acids is 2. The van der Waals surface area contributed by atoms with Crippen molar-refractivity contribution in [3.8, 4) is 5.75 Å². The Hall–Kier alpha value is -1.95. The number of anilines is 1. The minimum Gasteiger partial charge on any atom is -0.482 e. The Labute approximate surface area is 96.5 Å². The van der Waals surface area contributed by atoms with Crippen molar-refractivity contribution in [2.75, 3.05) is 12.3 Å². The van der Waals surface area contributed by atoms with Crippen molar-refractivity contribution >= 4 is 29.2 Å². The van der Waals surface area contributed by atoms with Crippen LogP contribution in [-0.2, 0) is 4.79 Å². The monoisotopic (exact) mass is 243 g/mol. The fraction of sp³-hybridized carbons (Fsp3) is 0.111. The van der Waals surface area contributed by atoms with Crippen molar-refractivity contribution in [2.45, 2.75) is 0 Å². The molecule has 1 rings (SSSR count). The molecular formula is C9H10ClN3O3. The van der Waals surface area contributed by atoms with Crippen molar-refractivity contribution in [3.63, 3.8) is 0 Å². The highest BCUT2D eigenvalue weighted by Gasteiger charge is 2.07. The molecule has 0 atom stereocenters. The van der Waals surface area contributed by atoms with E-state index in [4.69, 9.17) is 27.8 Å². The summed E-state index contributed by atoms with van der Waals surface area (Å²) in [5, 5.41) is 2.17. The second-order valence-electron chi connectivity index (χ2n) is 2.89. The lowest BCUT2D eigenvalue weighted by atomic mass is 10.3. The molecule has 16 heavy (non-hydrogen) atoms. The summed E-state index contributed by atoms with van der Waals surface area (Å²) in [6.45, 7) is -0.369. The van der Waals surface area contributed by atoms with Gasteiger partial charge in [0.05, 0.1) is 5.02 Å². The maximum atomic E-state index is 11.0. The number of nitrogen functional groups attached to an aromatic ring is 1. The van der Waals surface area contributed by atoms with E-state index < -0.39 is 11.9 Å². The average molecular weight is 244 g/mol. The summed E-state index contributed by atoms with van der Waals surface area (Å²) < 4.78 is 5.05. The van der Waals surface area contributed by atoms with E-state index >= 15 is 0 Å². The maximum Gasteiger partial charge on any atom is 0.318 e. The van der Waals surface area contributed by atoms with Crippen LogP contribution in [0.5, 0.6) is 5.75 Å². The molecule has 0 aliphatic carbocycles. The van der Waals surface area contributed by atoms with Gasteiger partial charge < -0.3 is 16.2 Å². The zero-order valence-corrected chi connectivity index (χ0v) is 8.95. The van der Waals surface area contributed by atoms with Crippen LogP contribution in [0.3, 0.4) is 0 Å². The molecule has 0 heterocycles. The standard InChI is InChI=1S/C9H10ClN3O3/c10-6-2-1-5(11)3-7(6)16-4-8(14)13-9(12)15/h1-3H,4,11H2,(H3,12,13,14,15). The predicted octanol–water partition coefficient (Wildman–Crippen LogP) is 0.496. The Morgan fingerprint density at radius 1 is 1.44 bits per heavy atom. The van der Waals surface area contributed by atoms with Gasteiger partial charge in [-0.1, -0.05) is 11.6 Å². The highest BCUT2D eigenvalue weighted by molar-refractivity contribution is 6.32. The third kappa shape index (κ3) is 3.66. The SMILES string of the molecule is NC(=O)NC(=O)COc1cc(N)ccc1Cl.